The van der Waals surface area contributed by atoms with Crippen LogP contribution in [0.15, 0.2) is 29.2 Å². The Labute approximate surface area is 142 Å². The summed E-state index contributed by atoms with van der Waals surface area (Å²) in [7, 11) is 0. The molecule has 6 heteroatoms. The van der Waals surface area contributed by atoms with E-state index in [1.807, 2.05) is 26.0 Å². The van der Waals surface area contributed by atoms with Crippen molar-refractivity contribution in [3.63, 3.8) is 0 Å². The highest BCUT2D eigenvalue weighted by atomic mass is 16.3. The third-order valence-electron chi connectivity index (χ3n) is 4.67. The number of aliphatic hydroxyl groups is 1. The molecule has 0 amide bonds. The monoisotopic (exact) mass is 330 g/mol. The maximum absolute atomic E-state index is 12.3. The number of fused-ring (bicyclic) bond motifs is 1. The Morgan fingerprint density at radius 3 is 2.92 bits per heavy atom. The van der Waals surface area contributed by atoms with E-state index in [9.17, 15) is 9.90 Å². The number of hydrogen-bond donors (Lipinski definition) is 1. The van der Waals surface area contributed by atoms with Crippen LogP contribution in [0.3, 0.4) is 0 Å². The van der Waals surface area contributed by atoms with E-state index in [0.29, 0.717) is 19.1 Å². The second-order valence-corrected chi connectivity index (χ2v) is 6.90. The van der Waals surface area contributed by atoms with Gasteiger partial charge in [-0.2, -0.15) is 0 Å². The van der Waals surface area contributed by atoms with Crippen LogP contribution in [0.4, 0.5) is 0 Å². The number of pyridine rings is 1. The number of nitrogens with zero attached hydrogens (tertiary/aromatic N) is 4. The molecule has 24 heavy (non-hydrogen) atoms. The first kappa shape index (κ1) is 17.1. The minimum absolute atomic E-state index is 0.0283. The summed E-state index contributed by atoms with van der Waals surface area (Å²) in [6.45, 7) is 10.2. The predicted molar refractivity (Wildman–Crippen MR) is 94.2 cm³/mol. The van der Waals surface area contributed by atoms with Crippen LogP contribution < -0.4 is 5.56 Å². The Kier molecular flexibility index (Phi) is 4.99. The fourth-order valence-electron chi connectivity index (χ4n) is 3.44. The molecule has 1 N–H and O–H groups in total. The predicted octanol–water partition coefficient (Wildman–Crippen LogP) is 0.890. The van der Waals surface area contributed by atoms with Crippen LogP contribution in [0, 0.1) is 6.92 Å². The number of β-amino-alcohol motifs (C(OH)–C–C–N with tert-alkyl or cyclic N) is 1. The van der Waals surface area contributed by atoms with Crippen LogP contribution >= 0.6 is 0 Å². The number of hydrogen-bond acceptors (Lipinski definition) is 5. The summed E-state index contributed by atoms with van der Waals surface area (Å²) < 4.78 is 1.60. The van der Waals surface area contributed by atoms with Crippen LogP contribution in [-0.4, -0.2) is 62.6 Å². The Balaban J connectivity index is 1.74. The van der Waals surface area contributed by atoms with Gasteiger partial charge in [0.1, 0.15) is 5.65 Å². The summed E-state index contributed by atoms with van der Waals surface area (Å²) in [6.07, 6.45) is 1.46. The average molecular weight is 330 g/mol. The zero-order valence-electron chi connectivity index (χ0n) is 14.6. The van der Waals surface area contributed by atoms with Gasteiger partial charge in [0, 0.05) is 51.0 Å². The maximum Gasteiger partial charge on any atom is 0.258 e. The van der Waals surface area contributed by atoms with E-state index < -0.39 is 0 Å². The smallest absolute Gasteiger partial charge is 0.258 e. The lowest BCUT2D eigenvalue weighted by Gasteiger charge is -2.40. The molecule has 0 aromatic carbocycles. The molecule has 0 aliphatic carbocycles. The van der Waals surface area contributed by atoms with Crippen molar-refractivity contribution in [1.82, 2.24) is 19.2 Å². The first-order chi connectivity index (χ1) is 11.4. The molecular weight excluding hydrogens is 304 g/mol. The standard InChI is InChI=1S/C18H26N4O2/c1-13-5-4-6-22-17(24)9-16(19-18(13)22)12-20-7-8-21(11-15(3)23)14(2)10-20/h4-6,9,14-15,23H,7-8,10-12H2,1-3H3/t14-,15+/m0/s1. The highest BCUT2D eigenvalue weighted by Crippen LogP contribution is 2.13. The highest BCUT2D eigenvalue weighted by molar-refractivity contribution is 5.46. The van der Waals surface area contributed by atoms with E-state index in [0.717, 1.165) is 36.5 Å². The lowest BCUT2D eigenvalue weighted by molar-refractivity contribution is 0.0418. The van der Waals surface area contributed by atoms with E-state index in [4.69, 9.17) is 0 Å². The summed E-state index contributed by atoms with van der Waals surface area (Å²) >= 11 is 0. The Hall–Kier alpha value is -1.76. The molecular formula is C18H26N4O2. The van der Waals surface area contributed by atoms with Gasteiger partial charge in [-0.05, 0) is 32.4 Å². The average Bonchev–Trinajstić information content (AvgIpc) is 2.51. The van der Waals surface area contributed by atoms with Crippen molar-refractivity contribution in [1.29, 1.82) is 0 Å². The van der Waals surface area contributed by atoms with Crippen molar-refractivity contribution in [2.24, 2.45) is 0 Å². The topological polar surface area (TPSA) is 61.1 Å². The largest absolute Gasteiger partial charge is 0.392 e. The first-order valence-corrected chi connectivity index (χ1v) is 8.56. The lowest BCUT2D eigenvalue weighted by Crippen LogP contribution is -2.53. The minimum Gasteiger partial charge on any atom is -0.392 e. The number of aryl methyl sites for hydroxylation is 1. The molecule has 130 valence electrons. The van der Waals surface area contributed by atoms with Gasteiger partial charge in [-0.3, -0.25) is 19.0 Å². The van der Waals surface area contributed by atoms with Crippen molar-refractivity contribution < 1.29 is 5.11 Å². The molecule has 1 aliphatic heterocycles. The van der Waals surface area contributed by atoms with Gasteiger partial charge in [0.2, 0.25) is 0 Å². The zero-order valence-corrected chi connectivity index (χ0v) is 14.6. The van der Waals surface area contributed by atoms with Crippen molar-refractivity contribution in [3.8, 4) is 0 Å². The summed E-state index contributed by atoms with van der Waals surface area (Å²) in [5, 5.41) is 9.58. The molecule has 0 bridgehead atoms. The van der Waals surface area contributed by atoms with Gasteiger partial charge in [0.15, 0.2) is 0 Å². The molecule has 1 saturated heterocycles. The van der Waals surface area contributed by atoms with Gasteiger partial charge in [-0.15, -0.1) is 0 Å². The van der Waals surface area contributed by atoms with E-state index in [-0.39, 0.29) is 11.7 Å². The van der Waals surface area contributed by atoms with Gasteiger partial charge in [-0.1, -0.05) is 6.07 Å². The van der Waals surface area contributed by atoms with Crippen LogP contribution in [-0.2, 0) is 6.54 Å². The molecule has 2 aromatic rings. The fourth-order valence-corrected chi connectivity index (χ4v) is 3.44. The van der Waals surface area contributed by atoms with Gasteiger partial charge >= 0.3 is 0 Å². The molecule has 2 atom stereocenters. The SMILES string of the molecule is Cc1cccn2c(=O)cc(CN3CCN(C[C@@H](C)O)[C@@H](C)C3)nc12. The van der Waals surface area contributed by atoms with Crippen molar-refractivity contribution in [2.75, 3.05) is 26.2 Å². The molecule has 1 aliphatic rings. The summed E-state index contributed by atoms with van der Waals surface area (Å²) in [5.74, 6) is 0. The second kappa shape index (κ2) is 7.01. The van der Waals surface area contributed by atoms with Crippen LogP contribution in [0.25, 0.3) is 5.65 Å². The van der Waals surface area contributed by atoms with Crippen molar-refractivity contribution in [2.45, 2.75) is 39.5 Å². The Bertz CT molecular complexity index is 771. The first-order valence-electron chi connectivity index (χ1n) is 8.56. The lowest BCUT2D eigenvalue weighted by atomic mass is 10.1. The summed E-state index contributed by atoms with van der Waals surface area (Å²) in [4.78, 5) is 21.6. The Morgan fingerprint density at radius 2 is 2.21 bits per heavy atom. The number of rotatable bonds is 4. The summed E-state index contributed by atoms with van der Waals surface area (Å²) in [5.41, 5.74) is 2.54. The summed E-state index contributed by atoms with van der Waals surface area (Å²) in [6, 6.07) is 5.87. The third kappa shape index (κ3) is 3.66. The molecule has 6 nitrogen and oxygen atoms in total. The van der Waals surface area contributed by atoms with E-state index in [1.54, 1.807) is 16.7 Å². The molecule has 3 heterocycles. The van der Waals surface area contributed by atoms with Gasteiger partial charge in [0.25, 0.3) is 5.56 Å². The van der Waals surface area contributed by atoms with Gasteiger partial charge < -0.3 is 5.11 Å². The normalized spacial score (nSPS) is 21.2. The number of piperazine rings is 1. The van der Waals surface area contributed by atoms with Gasteiger partial charge in [-0.25, -0.2) is 4.98 Å². The Morgan fingerprint density at radius 1 is 1.42 bits per heavy atom. The third-order valence-corrected chi connectivity index (χ3v) is 4.67. The van der Waals surface area contributed by atoms with Crippen molar-refractivity contribution in [3.05, 3.63) is 46.0 Å². The van der Waals surface area contributed by atoms with E-state index >= 15 is 0 Å². The second-order valence-electron chi connectivity index (χ2n) is 6.90. The number of aliphatic hydroxyl groups excluding tert-OH is 1. The highest BCUT2D eigenvalue weighted by Gasteiger charge is 2.24. The molecule has 3 rings (SSSR count). The number of aromatic nitrogens is 2. The minimum atomic E-state index is -0.302. The maximum atomic E-state index is 12.3. The molecule has 1 fully saturated rings. The molecule has 0 spiro atoms. The molecule has 0 radical (unpaired) electrons. The van der Waals surface area contributed by atoms with Crippen molar-refractivity contribution >= 4 is 5.65 Å². The van der Waals surface area contributed by atoms with Gasteiger partial charge in [0.05, 0.1) is 11.8 Å². The van der Waals surface area contributed by atoms with Crippen LogP contribution in [0.2, 0.25) is 0 Å². The molecule has 0 unspecified atom stereocenters. The van der Waals surface area contributed by atoms with E-state index in [1.165, 1.54) is 0 Å². The molecule has 2 aromatic heterocycles. The van der Waals surface area contributed by atoms with Crippen LogP contribution in [0.1, 0.15) is 25.1 Å². The van der Waals surface area contributed by atoms with Crippen LogP contribution in [0.5, 0.6) is 0 Å². The quantitative estimate of drug-likeness (QED) is 0.902. The van der Waals surface area contributed by atoms with E-state index in [2.05, 4.69) is 21.7 Å². The molecule has 0 saturated carbocycles. The zero-order chi connectivity index (χ0) is 17.3. The fraction of sp³-hybridized carbons (Fsp3) is 0.556.